The molecular formula is C24H34O6. The molecule has 30 heavy (non-hydrogen) atoms. The number of methoxy groups -OCH3 is 1. The van der Waals surface area contributed by atoms with Crippen LogP contribution in [0.1, 0.15) is 71.6 Å². The number of ether oxygens (including phenoxy) is 1. The highest BCUT2D eigenvalue weighted by molar-refractivity contribution is 5.92. The molecule has 3 saturated carbocycles. The van der Waals surface area contributed by atoms with Gasteiger partial charge in [-0.15, -0.1) is 0 Å². The third-order valence-electron chi connectivity index (χ3n) is 9.59. The van der Waals surface area contributed by atoms with E-state index in [0.29, 0.717) is 19.3 Å². The van der Waals surface area contributed by atoms with Gasteiger partial charge in [0.05, 0.1) is 18.6 Å². The van der Waals surface area contributed by atoms with E-state index in [1.54, 1.807) is 6.08 Å². The Morgan fingerprint density at radius 2 is 1.87 bits per heavy atom. The van der Waals surface area contributed by atoms with Crippen LogP contribution in [0.4, 0.5) is 0 Å². The largest absolute Gasteiger partial charge is 0.481 e. The van der Waals surface area contributed by atoms with Crippen LogP contribution >= 0.6 is 0 Å². The number of carbonyl (C=O) groups excluding carboxylic acids is 2. The van der Waals surface area contributed by atoms with Gasteiger partial charge in [-0.1, -0.05) is 19.4 Å². The Morgan fingerprint density at radius 1 is 1.17 bits per heavy atom. The first-order valence-corrected chi connectivity index (χ1v) is 11.3. The van der Waals surface area contributed by atoms with Gasteiger partial charge in [-0.25, -0.2) is 0 Å². The van der Waals surface area contributed by atoms with Gasteiger partial charge in [0.2, 0.25) is 0 Å². The summed E-state index contributed by atoms with van der Waals surface area (Å²) in [5.41, 5.74) is -0.413. The summed E-state index contributed by atoms with van der Waals surface area (Å²) < 4.78 is 5.20. The van der Waals surface area contributed by atoms with Crippen molar-refractivity contribution in [2.24, 2.45) is 34.5 Å². The van der Waals surface area contributed by atoms with Crippen molar-refractivity contribution < 1.29 is 29.3 Å². The van der Waals surface area contributed by atoms with Crippen LogP contribution in [-0.2, 0) is 19.1 Å². The van der Waals surface area contributed by atoms with Gasteiger partial charge in [0.1, 0.15) is 0 Å². The molecule has 0 radical (unpaired) electrons. The van der Waals surface area contributed by atoms with E-state index in [1.807, 2.05) is 0 Å². The van der Waals surface area contributed by atoms with Crippen molar-refractivity contribution in [2.45, 2.75) is 77.2 Å². The van der Waals surface area contributed by atoms with E-state index >= 15 is 0 Å². The minimum Gasteiger partial charge on any atom is -0.481 e. The number of carboxylic acids is 1. The molecule has 7 atom stereocenters. The van der Waals surface area contributed by atoms with Crippen molar-refractivity contribution in [3.8, 4) is 0 Å². The summed E-state index contributed by atoms with van der Waals surface area (Å²) in [4.78, 5) is 36.2. The molecule has 2 N–H and O–H groups in total. The number of allylic oxidation sites excluding steroid dienone is 1. The van der Waals surface area contributed by atoms with E-state index in [4.69, 9.17) is 4.74 Å². The maximum absolute atomic E-state index is 12.9. The van der Waals surface area contributed by atoms with Crippen LogP contribution in [0.15, 0.2) is 11.6 Å². The average Bonchev–Trinajstić information content (AvgIpc) is 2.97. The normalized spacial score (nSPS) is 45.1. The third kappa shape index (κ3) is 2.97. The molecule has 0 bridgehead atoms. The molecule has 6 nitrogen and oxygen atoms in total. The lowest BCUT2D eigenvalue weighted by Crippen LogP contribution is -2.58. The molecule has 0 aromatic rings. The predicted molar refractivity (Wildman–Crippen MR) is 109 cm³/mol. The number of carboxylic acid groups (broad SMARTS) is 1. The molecule has 0 aromatic heterocycles. The fraction of sp³-hybridized carbons (Fsp3) is 0.792. The van der Waals surface area contributed by atoms with Crippen molar-refractivity contribution in [2.75, 3.05) is 7.11 Å². The Labute approximate surface area is 178 Å². The molecule has 0 aromatic carbocycles. The Bertz CT molecular complexity index is 802. The molecule has 4 rings (SSSR count). The Morgan fingerprint density at radius 3 is 2.53 bits per heavy atom. The predicted octanol–water partition coefficient (Wildman–Crippen LogP) is 3.51. The number of hydrogen-bond donors (Lipinski definition) is 2. The second-order valence-corrected chi connectivity index (χ2v) is 10.6. The Hall–Kier alpha value is -1.69. The second kappa shape index (κ2) is 7.18. The van der Waals surface area contributed by atoms with Crippen LogP contribution in [-0.4, -0.2) is 40.6 Å². The number of aliphatic hydroxyl groups is 1. The van der Waals surface area contributed by atoms with Crippen LogP contribution < -0.4 is 0 Å². The molecule has 3 fully saturated rings. The Balaban J connectivity index is 1.73. The lowest BCUT2D eigenvalue weighted by atomic mass is 9.44. The van der Waals surface area contributed by atoms with Crippen molar-refractivity contribution in [3.63, 3.8) is 0 Å². The molecule has 0 heterocycles. The quantitative estimate of drug-likeness (QED) is 0.678. The fourth-order valence-electron chi connectivity index (χ4n) is 7.79. The molecule has 6 heteroatoms. The SMILES string of the molecule is COC(=O)C1CC2=CC(=O)CCC2(C)C2CCC3(C)C(CCC3(O)CCC(=O)O)C12. The zero-order chi connectivity index (χ0) is 21.9. The van der Waals surface area contributed by atoms with Crippen molar-refractivity contribution >= 4 is 17.7 Å². The summed E-state index contributed by atoms with van der Waals surface area (Å²) in [6.07, 6.45) is 6.99. The maximum atomic E-state index is 12.9. The van der Waals surface area contributed by atoms with Crippen LogP contribution in [0, 0.1) is 34.5 Å². The second-order valence-electron chi connectivity index (χ2n) is 10.6. The summed E-state index contributed by atoms with van der Waals surface area (Å²) in [5.74, 6) is -0.763. The third-order valence-corrected chi connectivity index (χ3v) is 9.59. The molecular weight excluding hydrogens is 384 g/mol. The van der Waals surface area contributed by atoms with Crippen molar-refractivity contribution in [1.29, 1.82) is 0 Å². The lowest BCUT2D eigenvalue weighted by molar-refractivity contribution is -0.169. The number of esters is 1. The molecule has 0 amide bonds. The van der Waals surface area contributed by atoms with Crippen LogP contribution in [0.5, 0.6) is 0 Å². The van der Waals surface area contributed by atoms with E-state index < -0.39 is 17.0 Å². The van der Waals surface area contributed by atoms with Gasteiger partial charge < -0.3 is 14.9 Å². The summed E-state index contributed by atoms with van der Waals surface area (Å²) in [5, 5.41) is 20.7. The van der Waals surface area contributed by atoms with Crippen LogP contribution in [0.2, 0.25) is 0 Å². The van der Waals surface area contributed by atoms with Gasteiger partial charge in [0.15, 0.2) is 5.78 Å². The fourth-order valence-corrected chi connectivity index (χ4v) is 7.79. The molecule has 0 aliphatic heterocycles. The lowest BCUT2D eigenvalue weighted by Gasteiger charge is -2.60. The average molecular weight is 419 g/mol. The molecule has 0 saturated heterocycles. The van der Waals surface area contributed by atoms with Crippen molar-refractivity contribution in [3.05, 3.63) is 11.6 Å². The molecule has 7 unspecified atom stereocenters. The van der Waals surface area contributed by atoms with E-state index in [9.17, 15) is 24.6 Å². The number of aliphatic carboxylic acids is 1. The minimum atomic E-state index is -1.01. The standard InChI is InChI=1S/C24H34O6/c1-22-8-4-15(25)12-14(22)13-16(21(28)30-3)20-17(22)5-9-23(2)18(20)6-10-24(23,29)11-7-19(26)27/h12,16-18,20,29H,4-11,13H2,1-3H3,(H,26,27). The summed E-state index contributed by atoms with van der Waals surface area (Å²) >= 11 is 0. The van der Waals surface area contributed by atoms with E-state index in [1.165, 1.54) is 7.11 Å². The summed E-state index contributed by atoms with van der Waals surface area (Å²) in [6, 6.07) is 0. The number of ketones is 1. The Kier molecular flexibility index (Phi) is 5.16. The molecule has 166 valence electrons. The number of rotatable bonds is 4. The summed E-state index contributed by atoms with van der Waals surface area (Å²) in [6.45, 7) is 4.36. The minimum absolute atomic E-state index is 0.0416. The van der Waals surface area contributed by atoms with Gasteiger partial charge in [-0.3, -0.25) is 14.4 Å². The van der Waals surface area contributed by atoms with Crippen LogP contribution in [0.3, 0.4) is 0 Å². The highest BCUT2D eigenvalue weighted by Gasteiger charge is 2.66. The zero-order valence-electron chi connectivity index (χ0n) is 18.3. The summed E-state index contributed by atoms with van der Waals surface area (Å²) in [7, 11) is 1.42. The van der Waals surface area contributed by atoms with E-state index in [2.05, 4.69) is 13.8 Å². The van der Waals surface area contributed by atoms with Gasteiger partial charge >= 0.3 is 11.9 Å². The van der Waals surface area contributed by atoms with Crippen LogP contribution in [0.25, 0.3) is 0 Å². The smallest absolute Gasteiger partial charge is 0.309 e. The highest BCUT2D eigenvalue weighted by atomic mass is 16.5. The van der Waals surface area contributed by atoms with Gasteiger partial charge in [0.25, 0.3) is 0 Å². The number of carbonyl (C=O) groups is 3. The van der Waals surface area contributed by atoms with Gasteiger partial charge in [0, 0.05) is 12.8 Å². The van der Waals surface area contributed by atoms with Gasteiger partial charge in [-0.05, 0) is 79.6 Å². The molecule has 0 spiro atoms. The van der Waals surface area contributed by atoms with E-state index in [-0.39, 0.29) is 53.7 Å². The molecule has 4 aliphatic carbocycles. The first-order chi connectivity index (χ1) is 14.1. The first kappa shape index (κ1) is 21.5. The zero-order valence-corrected chi connectivity index (χ0v) is 18.3. The van der Waals surface area contributed by atoms with Crippen molar-refractivity contribution in [1.82, 2.24) is 0 Å². The maximum Gasteiger partial charge on any atom is 0.309 e. The topological polar surface area (TPSA) is 101 Å². The first-order valence-electron chi connectivity index (χ1n) is 11.3. The number of fused-ring (bicyclic) bond motifs is 5. The van der Waals surface area contributed by atoms with Gasteiger partial charge in [-0.2, -0.15) is 0 Å². The monoisotopic (exact) mass is 418 g/mol. The molecule has 4 aliphatic rings. The number of hydrogen-bond acceptors (Lipinski definition) is 5. The van der Waals surface area contributed by atoms with E-state index in [0.717, 1.165) is 31.3 Å². The highest BCUT2D eigenvalue weighted by Crippen LogP contribution is 2.69.